The Morgan fingerprint density at radius 1 is 1.25 bits per heavy atom. The summed E-state index contributed by atoms with van der Waals surface area (Å²) in [6, 6.07) is 0. The van der Waals surface area contributed by atoms with Gasteiger partial charge in [-0.05, 0) is 0 Å². The summed E-state index contributed by atoms with van der Waals surface area (Å²) in [5, 5.41) is 2.52. The highest BCUT2D eigenvalue weighted by atomic mass is 19.1. The van der Waals surface area contributed by atoms with Crippen LogP contribution in [0.3, 0.4) is 0 Å². The molecule has 0 aliphatic rings. The molecule has 0 spiro atoms. The molecule has 4 nitrogen and oxygen atoms in total. The second kappa shape index (κ2) is 3.70. The van der Waals surface area contributed by atoms with Crippen LogP contribution in [0, 0.1) is 12.2 Å². The molecule has 0 radical (unpaired) electrons. The Morgan fingerprint density at radius 2 is 1.83 bits per heavy atom. The molecule has 0 atom stereocenters. The van der Waals surface area contributed by atoms with E-state index >= 15 is 0 Å². The van der Waals surface area contributed by atoms with Gasteiger partial charge in [-0.2, -0.15) is 23.7 Å². The number of rotatable bonds is 3. The molecule has 0 saturated heterocycles. The second-order valence-corrected chi connectivity index (χ2v) is 1.87. The van der Waals surface area contributed by atoms with Gasteiger partial charge in [0, 0.05) is 6.54 Å². The largest absolute Gasteiger partial charge is 0.351 e. The number of halogens is 2. The minimum Gasteiger partial charge on any atom is -0.351 e. The topological polar surface area (TPSA) is 50.7 Å². The van der Waals surface area contributed by atoms with Crippen LogP contribution in [0.25, 0.3) is 0 Å². The summed E-state index contributed by atoms with van der Waals surface area (Å²) in [7, 11) is 0. The molecular formula is C6H6F2N4. The van der Waals surface area contributed by atoms with Crippen LogP contribution in [0.5, 0.6) is 0 Å². The fourth-order valence-corrected chi connectivity index (χ4v) is 0.568. The number of nitrogens with one attached hydrogen (secondary N) is 1. The summed E-state index contributed by atoms with van der Waals surface area (Å²) in [6.45, 7) is 3.74. The Balaban J connectivity index is 2.78. The molecule has 1 rings (SSSR count). The van der Waals surface area contributed by atoms with Gasteiger partial charge in [0.25, 0.3) is 0 Å². The van der Waals surface area contributed by atoms with Crippen LogP contribution < -0.4 is 5.32 Å². The first-order valence-corrected chi connectivity index (χ1v) is 3.14. The first kappa shape index (κ1) is 8.51. The molecule has 64 valence electrons. The van der Waals surface area contributed by atoms with E-state index in [1.807, 2.05) is 0 Å². The maximum atomic E-state index is 12.3. The quantitative estimate of drug-likeness (QED) is 0.683. The van der Waals surface area contributed by atoms with Crippen molar-refractivity contribution in [2.45, 2.75) is 0 Å². The SMILES string of the molecule is C=CCNc1nc(F)nc(F)n1. The minimum absolute atomic E-state index is 0.139. The molecule has 1 aromatic rings. The molecule has 1 aromatic heterocycles. The average molecular weight is 172 g/mol. The normalized spacial score (nSPS) is 9.50. The fraction of sp³-hybridized carbons (Fsp3) is 0.167. The second-order valence-electron chi connectivity index (χ2n) is 1.87. The van der Waals surface area contributed by atoms with E-state index in [2.05, 4.69) is 26.8 Å². The van der Waals surface area contributed by atoms with Gasteiger partial charge in [-0.3, -0.25) is 0 Å². The minimum atomic E-state index is -1.14. The lowest BCUT2D eigenvalue weighted by Gasteiger charge is -1.98. The van der Waals surface area contributed by atoms with Crippen molar-refractivity contribution in [3.63, 3.8) is 0 Å². The smallest absolute Gasteiger partial charge is 0.315 e. The van der Waals surface area contributed by atoms with Crippen LogP contribution in [0.1, 0.15) is 0 Å². The average Bonchev–Trinajstić information content (AvgIpc) is 1.99. The summed E-state index contributed by atoms with van der Waals surface area (Å²) in [6.07, 6.45) is -0.775. The molecule has 0 aliphatic carbocycles. The Bertz CT molecular complexity index is 269. The monoisotopic (exact) mass is 172 g/mol. The van der Waals surface area contributed by atoms with Crippen molar-refractivity contribution in [1.29, 1.82) is 0 Å². The molecule has 1 N–H and O–H groups in total. The van der Waals surface area contributed by atoms with Crippen LogP contribution in [0.15, 0.2) is 12.7 Å². The molecule has 0 fully saturated rings. The van der Waals surface area contributed by atoms with E-state index in [-0.39, 0.29) is 5.95 Å². The van der Waals surface area contributed by atoms with Gasteiger partial charge in [-0.1, -0.05) is 6.08 Å². The molecular weight excluding hydrogens is 166 g/mol. The maximum absolute atomic E-state index is 12.3. The molecule has 0 amide bonds. The number of nitrogens with zero attached hydrogens (tertiary/aromatic N) is 3. The third-order valence-electron chi connectivity index (χ3n) is 0.985. The fourth-order valence-electron chi connectivity index (χ4n) is 0.568. The highest BCUT2D eigenvalue weighted by molar-refractivity contribution is 5.22. The first-order chi connectivity index (χ1) is 5.72. The molecule has 0 bridgehead atoms. The van der Waals surface area contributed by atoms with E-state index in [0.29, 0.717) is 6.54 Å². The highest BCUT2D eigenvalue weighted by Gasteiger charge is 2.02. The van der Waals surface area contributed by atoms with E-state index in [0.717, 1.165) is 0 Å². The zero-order chi connectivity index (χ0) is 8.97. The number of hydrogen-bond donors (Lipinski definition) is 1. The number of hydrogen-bond acceptors (Lipinski definition) is 4. The van der Waals surface area contributed by atoms with Crippen molar-refractivity contribution < 1.29 is 8.78 Å². The van der Waals surface area contributed by atoms with E-state index < -0.39 is 12.2 Å². The highest BCUT2D eigenvalue weighted by Crippen LogP contribution is 1.97. The lowest BCUT2D eigenvalue weighted by atomic mass is 10.6. The van der Waals surface area contributed by atoms with Gasteiger partial charge in [-0.15, -0.1) is 6.58 Å². The molecule has 6 heteroatoms. The van der Waals surface area contributed by atoms with E-state index in [1.165, 1.54) is 6.08 Å². The summed E-state index contributed by atoms with van der Waals surface area (Å²) in [4.78, 5) is 9.09. The lowest BCUT2D eigenvalue weighted by molar-refractivity contribution is 0.457. The Hall–Kier alpha value is -1.59. The summed E-state index contributed by atoms with van der Waals surface area (Å²) in [5.41, 5.74) is 0. The third-order valence-corrected chi connectivity index (χ3v) is 0.985. The Labute approximate surface area is 67.4 Å². The van der Waals surface area contributed by atoms with Gasteiger partial charge >= 0.3 is 12.2 Å². The predicted molar refractivity (Wildman–Crippen MR) is 38.4 cm³/mol. The van der Waals surface area contributed by atoms with Gasteiger partial charge in [0.2, 0.25) is 5.95 Å². The zero-order valence-electron chi connectivity index (χ0n) is 6.09. The number of anilines is 1. The first-order valence-electron chi connectivity index (χ1n) is 3.14. The maximum Gasteiger partial charge on any atom is 0.315 e. The molecule has 0 aliphatic heterocycles. The van der Waals surface area contributed by atoms with E-state index in [1.54, 1.807) is 0 Å². The zero-order valence-corrected chi connectivity index (χ0v) is 6.09. The van der Waals surface area contributed by atoms with E-state index in [4.69, 9.17) is 0 Å². The van der Waals surface area contributed by atoms with Crippen molar-refractivity contribution >= 4 is 5.95 Å². The molecule has 0 saturated carbocycles. The number of aromatic nitrogens is 3. The van der Waals surface area contributed by atoms with Crippen molar-refractivity contribution in [2.75, 3.05) is 11.9 Å². The van der Waals surface area contributed by atoms with Crippen molar-refractivity contribution in [2.24, 2.45) is 0 Å². The van der Waals surface area contributed by atoms with Crippen LogP contribution >= 0.6 is 0 Å². The van der Waals surface area contributed by atoms with Gasteiger partial charge in [-0.25, -0.2) is 0 Å². The lowest BCUT2D eigenvalue weighted by Crippen LogP contribution is -2.07. The molecule has 0 aromatic carbocycles. The predicted octanol–water partition coefficient (Wildman–Crippen LogP) is 0.748. The van der Waals surface area contributed by atoms with Crippen molar-refractivity contribution in [1.82, 2.24) is 15.0 Å². The van der Waals surface area contributed by atoms with E-state index in [9.17, 15) is 8.78 Å². The van der Waals surface area contributed by atoms with Crippen LogP contribution in [0.4, 0.5) is 14.7 Å². The Kier molecular flexibility index (Phi) is 2.62. The standard InChI is InChI=1S/C6H6F2N4/c1-2-3-9-6-11-4(7)10-5(8)12-6/h2H,1,3H2,(H,9,10,11,12). The summed E-state index contributed by atoms with van der Waals surface area (Å²) < 4.78 is 24.6. The van der Waals surface area contributed by atoms with Gasteiger partial charge in [0.15, 0.2) is 0 Å². The van der Waals surface area contributed by atoms with Gasteiger partial charge in [0.1, 0.15) is 0 Å². The van der Waals surface area contributed by atoms with Gasteiger partial charge < -0.3 is 5.32 Å². The molecule has 0 unspecified atom stereocenters. The van der Waals surface area contributed by atoms with Gasteiger partial charge in [0.05, 0.1) is 0 Å². The third kappa shape index (κ3) is 2.22. The summed E-state index contributed by atoms with van der Waals surface area (Å²) >= 11 is 0. The van der Waals surface area contributed by atoms with Crippen molar-refractivity contribution in [3.05, 3.63) is 24.8 Å². The summed E-state index contributed by atoms with van der Waals surface area (Å²) in [5.74, 6) is -0.139. The Morgan fingerprint density at radius 3 is 2.33 bits per heavy atom. The molecule has 12 heavy (non-hydrogen) atoms. The van der Waals surface area contributed by atoms with Crippen molar-refractivity contribution in [3.8, 4) is 0 Å². The van der Waals surface area contributed by atoms with Crippen LogP contribution in [0.2, 0.25) is 0 Å². The van der Waals surface area contributed by atoms with Crippen LogP contribution in [-0.4, -0.2) is 21.5 Å². The molecule has 1 heterocycles. The van der Waals surface area contributed by atoms with Crippen LogP contribution in [-0.2, 0) is 0 Å².